The van der Waals surface area contributed by atoms with Gasteiger partial charge in [0.25, 0.3) is 5.91 Å². The van der Waals surface area contributed by atoms with Crippen molar-refractivity contribution >= 4 is 33.2 Å². The summed E-state index contributed by atoms with van der Waals surface area (Å²) in [6, 6.07) is 5.17. The Kier molecular flexibility index (Phi) is 3.10. The number of nitrogens with two attached hydrogens (primary N) is 1. The lowest BCUT2D eigenvalue weighted by atomic mass is 10.3. The molecule has 2 aromatic rings. The molecule has 1 amide bonds. The van der Waals surface area contributed by atoms with Gasteiger partial charge in [-0.1, -0.05) is 0 Å². The number of nitrogen functional groups attached to an aromatic ring is 1. The number of rotatable bonds is 2. The second kappa shape index (κ2) is 4.54. The molecule has 17 heavy (non-hydrogen) atoms. The van der Waals surface area contributed by atoms with Crippen LogP contribution in [0.3, 0.4) is 0 Å². The normalized spacial score (nSPS) is 10.2. The van der Waals surface area contributed by atoms with E-state index in [0.29, 0.717) is 11.4 Å². The zero-order valence-corrected chi connectivity index (χ0v) is 10.6. The summed E-state index contributed by atoms with van der Waals surface area (Å²) in [6.07, 6.45) is 1.40. The minimum atomic E-state index is -0.329. The van der Waals surface area contributed by atoms with Crippen LogP contribution in [0.4, 0.5) is 11.4 Å². The van der Waals surface area contributed by atoms with Crippen molar-refractivity contribution in [2.24, 2.45) is 7.05 Å². The van der Waals surface area contributed by atoms with E-state index in [1.807, 2.05) is 0 Å². The fourth-order valence-corrected chi connectivity index (χ4v) is 1.62. The second-order valence-corrected chi connectivity index (χ2v) is 4.27. The molecule has 0 atom stereocenters. The van der Waals surface area contributed by atoms with Gasteiger partial charge in [0, 0.05) is 17.2 Å². The van der Waals surface area contributed by atoms with E-state index in [1.165, 1.54) is 11.0 Å². The molecule has 0 unspecified atom stereocenters. The summed E-state index contributed by atoms with van der Waals surface area (Å²) in [4.78, 5) is 13.1. The number of anilines is 2. The third kappa shape index (κ3) is 2.62. The van der Waals surface area contributed by atoms with Gasteiger partial charge in [0.05, 0.1) is 11.9 Å². The van der Waals surface area contributed by atoms with E-state index in [4.69, 9.17) is 5.73 Å². The minimum absolute atomic E-state index is 0.252. The summed E-state index contributed by atoms with van der Waals surface area (Å²) in [7, 11) is 1.65. The molecule has 0 saturated heterocycles. The molecule has 1 heterocycles. The van der Waals surface area contributed by atoms with Gasteiger partial charge < -0.3 is 11.1 Å². The molecule has 1 aromatic carbocycles. The van der Waals surface area contributed by atoms with Crippen molar-refractivity contribution in [3.63, 3.8) is 0 Å². The maximum absolute atomic E-state index is 11.8. The van der Waals surface area contributed by atoms with Crippen molar-refractivity contribution in [3.05, 3.63) is 34.6 Å². The van der Waals surface area contributed by atoms with Crippen LogP contribution in [0.25, 0.3) is 0 Å². The van der Waals surface area contributed by atoms with E-state index in [2.05, 4.69) is 31.4 Å². The summed E-state index contributed by atoms with van der Waals surface area (Å²) in [6.45, 7) is 0. The largest absolute Gasteiger partial charge is 0.399 e. The Balaban J connectivity index is 2.21. The standard InChI is InChI=1S/C10H10BrN5O/c1-16-13-5-9(15-16)10(17)14-8-4-6(12)2-3-7(8)11/h2-5H,12H2,1H3,(H,14,17). The number of aromatic nitrogens is 3. The Morgan fingerprint density at radius 3 is 2.94 bits per heavy atom. The summed E-state index contributed by atoms with van der Waals surface area (Å²) in [5, 5.41) is 10.4. The number of hydrogen-bond donors (Lipinski definition) is 2. The predicted molar refractivity (Wildman–Crippen MR) is 67.5 cm³/mol. The van der Waals surface area contributed by atoms with Crippen LogP contribution in [-0.2, 0) is 7.05 Å². The lowest BCUT2D eigenvalue weighted by Gasteiger charge is -2.06. The molecule has 0 bridgehead atoms. The van der Waals surface area contributed by atoms with Gasteiger partial charge in [-0.2, -0.15) is 9.90 Å². The fraction of sp³-hybridized carbons (Fsp3) is 0.100. The van der Waals surface area contributed by atoms with Crippen molar-refractivity contribution in [2.75, 3.05) is 11.1 Å². The zero-order valence-electron chi connectivity index (χ0n) is 9.01. The Bertz CT molecular complexity index is 566. The maximum atomic E-state index is 11.8. The van der Waals surface area contributed by atoms with Gasteiger partial charge in [0.1, 0.15) is 0 Å². The molecule has 0 aliphatic heterocycles. The van der Waals surface area contributed by atoms with Gasteiger partial charge in [-0.3, -0.25) is 4.79 Å². The van der Waals surface area contributed by atoms with Gasteiger partial charge >= 0.3 is 0 Å². The molecule has 0 fully saturated rings. The predicted octanol–water partition coefficient (Wildman–Crippen LogP) is 1.41. The van der Waals surface area contributed by atoms with Crippen LogP contribution in [-0.4, -0.2) is 20.9 Å². The van der Waals surface area contributed by atoms with Gasteiger partial charge in [-0.25, -0.2) is 0 Å². The van der Waals surface area contributed by atoms with E-state index >= 15 is 0 Å². The molecular weight excluding hydrogens is 286 g/mol. The zero-order chi connectivity index (χ0) is 12.4. The van der Waals surface area contributed by atoms with Crippen LogP contribution in [0, 0.1) is 0 Å². The highest BCUT2D eigenvalue weighted by molar-refractivity contribution is 9.10. The lowest BCUT2D eigenvalue weighted by molar-refractivity contribution is 0.102. The van der Waals surface area contributed by atoms with Crippen molar-refractivity contribution in [3.8, 4) is 0 Å². The summed E-state index contributed by atoms with van der Waals surface area (Å²) >= 11 is 3.33. The number of nitrogens with one attached hydrogen (secondary N) is 1. The lowest BCUT2D eigenvalue weighted by Crippen LogP contribution is -2.13. The van der Waals surface area contributed by atoms with Crippen LogP contribution >= 0.6 is 15.9 Å². The molecule has 2 rings (SSSR count). The van der Waals surface area contributed by atoms with E-state index in [-0.39, 0.29) is 11.6 Å². The van der Waals surface area contributed by atoms with Crippen LogP contribution in [0.1, 0.15) is 10.5 Å². The quantitative estimate of drug-likeness (QED) is 0.820. The molecule has 0 saturated carbocycles. The van der Waals surface area contributed by atoms with E-state index in [0.717, 1.165) is 4.47 Å². The van der Waals surface area contributed by atoms with Crippen molar-refractivity contribution < 1.29 is 4.79 Å². The number of hydrogen-bond acceptors (Lipinski definition) is 4. The summed E-state index contributed by atoms with van der Waals surface area (Å²) in [5.74, 6) is -0.329. The van der Waals surface area contributed by atoms with Gasteiger partial charge in [-0.05, 0) is 34.1 Å². The first-order valence-corrected chi connectivity index (χ1v) is 5.58. The summed E-state index contributed by atoms with van der Waals surface area (Å²) in [5.41, 5.74) is 7.06. The number of halogens is 1. The number of carbonyl (C=O) groups excluding carboxylic acids is 1. The van der Waals surface area contributed by atoms with Crippen LogP contribution in [0.5, 0.6) is 0 Å². The minimum Gasteiger partial charge on any atom is -0.399 e. The van der Waals surface area contributed by atoms with Crippen molar-refractivity contribution in [1.82, 2.24) is 15.0 Å². The SMILES string of the molecule is Cn1ncc(C(=O)Nc2cc(N)ccc2Br)n1. The first-order valence-electron chi connectivity index (χ1n) is 4.79. The van der Waals surface area contributed by atoms with Gasteiger partial charge in [0.2, 0.25) is 0 Å². The Morgan fingerprint density at radius 1 is 1.53 bits per heavy atom. The van der Waals surface area contributed by atoms with E-state index in [1.54, 1.807) is 25.2 Å². The molecular formula is C10H10BrN5O. The molecule has 0 aliphatic rings. The topological polar surface area (TPSA) is 85.8 Å². The molecule has 6 nitrogen and oxygen atoms in total. The molecule has 0 radical (unpaired) electrons. The number of nitrogens with zero attached hydrogens (tertiary/aromatic N) is 3. The Labute approximate surface area is 106 Å². The molecule has 3 N–H and O–H groups in total. The average Bonchev–Trinajstić information content (AvgIpc) is 2.70. The highest BCUT2D eigenvalue weighted by atomic mass is 79.9. The van der Waals surface area contributed by atoms with Crippen molar-refractivity contribution in [1.29, 1.82) is 0 Å². The van der Waals surface area contributed by atoms with E-state index < -0.39 is 0 Å². The number of benzene rings is 1. The molecule has 7 heteroatoms. The van der Waals surface area contributed by atoms with Crippen LogP contribution < -0.4 is 11.1 Å². The Morgan fingerprint density at radius 2 is 2.29 bits per heavy atom. The maximum Gasteiger partial charge on any atom is 0.277 e. The van der Waals surface area contributed by atoms with Gasteiger partial charge in [0.15, 0.2) is 5.69 Å². The second-order valence-electron chi connectivity index (χ2n) is 3.41. The first kappa shape index (κ1) is 11.6. The number of amides is 1. The monoisotopic (exact) mass is 295 g/mol. The average molecular weight is 296 g/mol. The van der Waals surface area contributed by atoms with Crippen LogP contribution in [0.15, 0.2) is 28.9 Å². The van der Waals surface area contributed by atoms with Crippen LogP contribution in [0.2, 0.25) is 0 Å². The highest BCUT2D eigenvalue weighted by Crippen LogP contribution is 2.24. The van der Waals surface area contributed by atoms with E-state index in [9.17, 15) is 4.79 Å². The molecule has 0 spiro atoms. The third-order valence-corrected chi connectivity index (χ3v) is 2.76. The van der Waals surface area contributed by atoms with Gasteiger partial charge in [-0.15, -0.1) is 5.10 Å². The summed E-state index contributed by atoms with van der Waals surface area (Å²) < 4.78 is 0.754. The molecule has 88 valence electrons. The number of aryl methyl sites for hydroxylation is 1. The first-order chi connectivity index (χ1) is 8.06. The molecule has 0 aliphatic carbocycles. The highest BCUT2D eigenvalue weighted by Gasteiger charge is 2.11. The third-order valence-electron chi connectivity index (χ3n) is 2.07. The molecule has 1 aromatic heterocycles. The fourth-order valence-electron chi connectivity index (χ4n) is 1.27. The van der Waals surface area contributed by atoms with Crippen molar-refractivity contribution in [2.45, 2.75) is 0 Å². The number of carbonyl (C=O) groups is 1. The smallest absolute Gasteiger partial charge is 0.277 e. The Hall–Kier alpha value is -1.89.